The van der Waals surface area contributed by atoms with Crippen LogP contribution in [0.1, 0.15) is 45.5 Å². The van der Waals surface area contributed by atoms with Gasteiger partial charge in [0.05, 0.1) is 90.4 Å². The Labute approximate surface area is 378 Å². The molecule has 0 aromatic heterocycles. The lowest BCUT2D eigenvalue weighted by Crippen LogP contribution is -2.54. The number of nitrogens with one attached hydrogen (secondary N) is 3. The zero-order valence-electron chi connectivity index (χ0n) is 36.2. The largest absolute Gasteiger partial charge is 0.491 e. The summed E-state index contributed by atoms with van der Waals surface area (Å²) in [6.45, 7) is 4.82. The Morgan fingerprint density at radius 1 is 0.742 bits per heavy atom. The van der Waals surface area contributed by atoms with Gasteiger partial charge >= 0.3 is 0 Å². The molecule has 19 nitrogen and oxygen atoms in total. The van der Waals surface area contributed by atoms with E-state index in [1.807, 2.05) is 0 Å². The van der Waals surface area contributed by atoms with E-state index in [0.717, 1.165) is 17.0 Å². The Bertz CT molecular complexity index is 2160. The number of rotatable bonds is 28. The van der Waals surface area contributed by atoms with Crippen molar-refractivity contribution in [3.8, 4) is 5.75 Å². The topological polar surface area (TPSA) is 230 Å². The number of anilines is 2. The molecule has 66 heavy (non-hydrogen) atoms. The van der Waals surface area contributed by atoms with Crippen LogP contribution >= 0.6 is 0 Å². The van der Waals surface area contributed by atoms with Crippen molar-refractivity contribution < 1.29 is 75.8 Å². The fraction of sp³-hybridized carbons (Fsp3) is 0.467. The van der Waals surface area contributed by atoms with Gasteiger partial charge in [-0.2, -0.15) is 0 Å². The first-order valence-corrected chi connectivity index (χ1v) is 21.5. The van der Waals surface area contributed by atoms with Crippen molar-refractivity contribution in [2.45, 2.75) is 37.5 Å². The van der Waals surface area contributed by atoms with Crippen molar-refractivity contribution in [2.24, 2.45) is 0 Å². The number of hydrogen-bond donors (Lipinski definition) is 4. The van der Waals surface area contributed by atoms with Crippen LogP contribution in [0.15, 0.2) is 60.7 Å². The zero-order chi connectivity index (χ0) is 46.9. The molecule has 3 aliphatic rings. The Morgan fingerprint density at radius 2 is 1.32 bits per heavy atom. The number of benzene rings is 3. The van der Waals surface area contributed by atoms with E-state index in [0.29, 0.717) is 109 Å². The molecule has 3 aliphatic heterocycles. The number of ether oxygens (including phenoxy) is 7. The summed E-state index contributed by atoms with van der Waals surface area (Å²) >= 11 is 0. The van der Waals surface area contributed by atoms with Crippen LogP contribution in [-0.2, 0) is 54.1 Å². The van der Waals surface area contributed by atoms with Gasteiger partial charge in [0.1, 0.15) is 30.0 Å². The number of amides is 6. The van der Waals surface area contributed by atoms with E-state index in [1.165, 1.54) is 11.0 Å². The number of nitrogens with zero attached hydrogens (tertiary/aromatic N) is 2. The van der Waals surface area contributed by atoms with Gasteiger partial charge in [0.15, 0.2) is 0 Å². The van der Waals surface area contributed by atoms with E-state index in [1.54, 1.807) is 36.4 Å². The van der Waals surface area contributed by atoms with Gasteiger partial charge < -0.3 is 53.8 Å². The number of carbonyl (C=O) groups excluding carboxylic acids is 6. The highest BCUT2D eigenvalue weighted by molar-refractivity contribution is 6.25. The second kappa shape index (κ2) is 24.5. The number of halogens is 2. The van der Waals surface area contributed by atoms with Gasteiger partial charge in [0, 0.05) is 49.9 Å². The molecule has 0 bridgehead atoms. The molecule has 0 aliphatic carbocycles. The first-order chi connectivity index (χ1) is 32.0. The monoisotopic (exact) mass is 925 g/mol. The first kappa shape index (κ1) is 49.5. The Balaban J connectivity index is 0.702. The SMILES string of the molecule is O=C1CCC(N2C(=O)c3cccc(NCCOCCOCCOCCOCCOCCOCCOc4ccc(N5CCC(O)(C(=O)NCc6cc(F)cc(F)c6)C5=O)cc4)c3C2=O)C(=O)N1. The van der Waals surface area contributed by atoms with Gasteiger partial charge in [0.2, 0.25) is 17.4 Å². The average molecular weight is 926 g/mol. The van der Waals surface area contributed by atoms with Crippen LogP contribution in [0.5, 0.6) is 5.75 Å². The summed E-state index contributed by atoms with van der Waals surface area (Å²) < 4.78 is 65.8. The van der Waals surface area contributed by atoms with Gasteiger partial charge in [-0.1, -0.05) is 6.07 Å². The average Bonchev–Trinajstić information content (AvgIpc) is 3.75. The van der Waals surface area contributed by atoms with Gasteiger partial charge in [-0.25, -0.2) is 8.78 Å². The molecule has 4 N–H and O–H groups in total. The molecule has 3 aromatic carbocycles. The van der Waals surface area contributed by atoms with E-state index >= 15 is 0 Å². The third kappa shape index (κ3) is 13.3. The van der Waals surface area contributed by atoms with Crippen molar-refractivity contribution >= 4 is 46.8 Å². The maximum absolute atomic E-state index is 13.5. The molecule has 0 saturated carbocycles. The standard InChI is InChI=1S/C45H53F2N5O14/c46-31-26-30(27-32(47)28-31)29-49-43(57)45(59)10-12-51(44(45)58)33-4-6-34(7-5-33)66-25-24-65-23-22-64-21-20-63-19-18-62-17-16-61-15-14-60-13-11-48-36-3-1-2-35-39(36)42(56)52(41(35)55)37-8-9-38(53)50-40(37)54/h1-7,26-28,37,48,59H,8-25,29H2,(H,49,57)(H,50,53,54). The lowest BCUT2D eigenvalue weighted by molar-refractivity contribution is -0.149. The molecule has 0 radical (unpaired) electrons. The number of imide groups is 2. The number of aliphatic hydroxyl groups is 1. The highest BCUT2D eigenvalue weighted by atomic mass is 19.1. The van der Waals surface area contributed by atoms with Crippen LogP contribution in [0.3, 0.4) is 0 Å². The minimum Gasteiger partial charge on any atom is -0.491 e. The molecular formula is C45H53F2N5O14. The van der Waals surface area contributed by atoms with Crippen molar-refractivity contribution in [2.75, 3.05) is 109 Å². The van der Waals surface area contributed by atoms with Crippen molar-refractivity contribution in [3.63, 3.8) is 0 Å². The second-order valence-electron chi connectivity index (χ2n) is 15.1. The Hall–Kier alpha value is -5.94. The lowest BCUT2D eigenvalue weighted by atomic mass is 10.0. The third-order valence-electron chi connectivity index (χ3n) is 10.6. The summed E-state index contributed by atoms with van der Waals surface area (Å²) in [6, 6.07) is 13.2. The number of piperidine rings is 1. The number of hydrogen-bond acceptors (Lipinski definition) is 15. The van der Waals surface area contributed by atoms with Crippen LogP contribution in [-0.4, -0.2) is 156 Å². The molecule has 2 unspecified atom stereocenters. The minimum absolute atomic E-state index is 0.0491. The first-order valence-electron chi connectivity index (χ1n) is 21.5. The molecule has 6 rings (SSSR count). The van der Waals surface area contributed by atoms with Crippen molar-refractivity contribution in [1.82, 2.24) is 15.5 Å². The van der Waals surface area contributed by atoms with Crippen LogP contribution in [0.2, 0.25) is 0 Å². The lowest BCUT2D eigenvalue weighted by Gasteiger charge is -2.27. The summed E-state index contributed by atoms with van der Waals surface area (Å²) in [7, 11) is 0. The maximum Gasteiger partial charge on any atom is 0.268 e. The maximum atomic E-state index is 13.5. The highest BCUT2D eigenvalue weighted by Crippen LogP contribution is 2.33. The fourth-order valence-electron chi connectivity index (χ4n) is 7.27. The quantitative estimate of drug-likeness (QED) is 0.0462. The predicted molar refractivity (Wildman–Crippen MR) is 229 cm³/mol. The van der Waals surface area contributed by atoms with Crippen LogP contribution in [0.25, 0.3) is 0 Å². The minimum atomic E-state index is -2.31. The van der Waals surface area contributed by atoms with Crippen LogP contribution in [0.4, 0.5) is 20.2 Å². The van der Waals surface area contributed by atoms with Crippen LogP contribution in [0, 0.1) is 11.6 Å². The molecule has 3 aromatic rings. The number of carbonyl (C=O) groups is 6. The Kier molecular flexibility index (Phi) is 18.4. The molecule has 356 valence electrons. The number of fused-ring (bicyclic) bond motifs is 1. The normalized spacial score (nSPS) is 18.2. The molecular weight excluding hydrogens is 873 g/mol. The molecule has 6 amide bonds. The molecule has 2 atom stereocenters. The van der Waals surface area contributed by atoms with E-state index < -0.39 is 58.7 Å². The molecule has 3 heterocycles. The second-order valence-corrected chi connectivity index (χ2v) is 15.1. The van der Waals surface area contributed by atoms with E-state index in [-0.39, 0.29) is 55.6 Å². The van der Waals surface area contributed by atoms with Gasteiger partial charge in [0.25, 0.3) is 23.6 Å². The molecule has 0 spiro atoms. The van der Waals surface area contributed by atoms with Crippen LogP contribution < -0.4 is 25.6 Å². The van der Waals surface area contributed by atoms with Crippen molar-refractivity contribution in [1.29, 1.82) is 0 Å². The van der Waals surface area contributed by atoms with Gasteiger partial charge in [-0.15, -0.1) is 0 Å². The van der Waals surface area contributed by atoms with E-state index in [4.69, 9.17) is 33.2 Å². The summed E-state index contributed by atoms with van der Waals surface area (Å²) in [6.07, 6.45) is -0.0227. The fourth-order valence-corrected chi connectivity index (χ4v) is 7.27. The predicted octanol–water partition coefficient (Wildman–Crippen LogP) is 1.74. The van der Waals surface area contributed by atoms with E-state index in [2.05, 4.69) is 16.0 Å². The molecule has 21 heteroatoms. The summed E-state index contributed by atoms with van der Waals surface area (Å²) in [5, 5.41) is 18.6. The summed E-state index contributed by atoms with van der Waals surface area (Å²) in [5.41, 5.74) is -0.858. The molecule has 2 saturated heterocycles. The Morgan fingerprint density at radius 3 is 1.91 bits per heavy atom. The summed E-state index contributed by atoms with van der Waals surface area (Å²) in [4.78, 5) is 78.0. The van der Waals surface area contributed by atoms with Crippen molar-refractivity contribution in [3.05, 3.63) is 89.0 Å². The van der Waals surface area contributed by atoms with E-state index in [9.17, 15) is 42.7 Å². The smallest absolute Gasteiger partial charge is 0.268 e. The zero-order valence-corrected chi connectivity index (χ0v) is 36.2. The molecule has 2 fully saturated rings. The third-order valence-corrected chi connectivity index (χ3v) is 10.6. The summed E-state index contributed by atoms with van der Waals surface area (Å²) in [5.74, 6) is -5.08. The van der Waals surface area contributed by atoms with Gasteiger partial charge in [-0.3, -0.25) is 39.0 Å². The highest BCUT2D eigenvalue weighted by Gasteiger charge is 2.52. The van der Waals surface area contributed by atoms with Gasteiger partial charge in [-0.05, 0) is 60.5 Å².